The molecule has 5 rings (SSSR count). The van der Waals surface area contributed by atoms with E-state index in [4.69, 9.17) is 20.3 Å². The first kappa shape index (κ1) is 29.7. The normalized spacial score (nSPS) is 15.0. The van der Waals surface area contributed by atoms with Gasteiger partial charge in [-0.1, -0.05) is 35.9 Å². The summed E-state index contributed by atoms with van der Waals surface area (Å²) in [6, 6.07) is 19.0. The molecular formula is C33H38N6O4. The lowest BCUT2D eigenvalue weighted by Crippen LogP contribution is -2.30. The van der Waals surface area contributed by atoms with E-state index in [0.29, 0.717) is 49.1 Å². The van der Waals surface area contributed by atoms with E-state index in [9.17, 15) is 9.59 Å². The summed E-state index contributed by atoms with van der Waals surface area (Å²) in [5.41, 5.74) is 8.82. The summed E-state index contributed by atoms with van der Waals surface area (Å²) in [7, 11) is 5.58. The van der Waals surface area contributed by atoms with Crippen LogP contribution < -0.4 is 20.5 Å². The van der Waals surface area contributed by atoms with Crippen molar-refractivity contribution in [2.45, 2.75) is 25.9 Å². The van der Waals surface area contributed by atoms with Crippen molar-refractivity contribution in [2.24, 2.45) is 5.73 Å². The second-order valence-corrected chi connectivity index (χ2v) is 11.0. The molecule has 1 aliphatic rings. The molecule has 1 aromatic heterocycles. The van der Waals surface area contributed by atoms with Gasteiger partial charge in [0.05, 0.1) is 30.1 Å². The van der Waals surface area contributed by atoms with E-state index in [1.54, 1.807) is 25.3 Å². The SMILES string of the molecule is COc1ccc(Cn2nc(N[C@@H]3CCN(C(=O)/C=C/CN(C)C)C3)c3c(Oc4ccc(C)cc4C(N)=O)cccc32)cc1. The van der Waals surface area contributed by atoms with Gasteiger partial charge in [0.25, 0.3) is 5.91 Å². The van der Waals surface area contributed by atoms with Crippen LogP contribution in [0.25, 0.3) is 10.9 Å². The average Bonchev–Trinajstić information content (AvgIpc) is 3.59. The third-order valence-corrected chi connectivity index (χ3v) is 7.42. The van der Waals surface area contributed by atoms with Crippen LogP contribution in [-0.2, 0) is 11.3 Å². The van der Waals surface area contributed by atoms with Crippen LogP contribution in [-0.4, -0.2) is 78.3 Å². The Labute approximate surface area is 251 Å². The average molecular weight is 583 g/mol. The molecule has 0 spiro atoms. The summed E-state index contributed by atoms with van der Waals surface area (Å²) >= 11 is 0. The van der Waals surface area contributed by atoms with Gasteiger partial charge in [0, 0.05) is 31.8 Å². The summed E-state index contributed by atoms with van der Waals surface area (Å²) < 4.78 is 13.6. The smallest absolute Gasteiger partial charge is 0.252 e. The Morgan fingerprint density at radius 2 is 1.91 bits per heavy atom. The minimum atomic E-state index is -0.560. The standard InChI is InChI=1S/C33H38N6O4/c1-22-10-15-28(26(19-22)32(34)41)43-29-8-5-7-27-31(29)33(36-39(27)20-23-11-13-25(42-4)14-12-23)35-24-16-18-38(21-24)30(40)9-6-17-37(2)3/h5-15,19,24H,16-18,20-21H2,1-4H3,(H2,34,41)(H,35,36)/b9-6+/t24-/m1/s1. The molecule has 2 amide bonds. The number of methoxy groups -OCH3 is 1. The molecule has 0 bridgehead atoms. The summed E-state index contributed by atoms with van der Waals surface area (Å²) in [5.74, 6) is 1.80. The lowest BCUT2D eigenvalue weighted by Gasteiger charge is -2.16. The number of likely N-dealkylation sites (N-methyl/N-ethyl adjacent to an activating group) is 1. The number of ether oxygens (including phenoxy) is 2. The molecule has 0 radical (unpaired) electrons. The molecule has 4 aromatic rings. The summed E-state index contributed by atoms with van der Waals surface area (Å²) in [6.45, 7) is 4.34. The molecule has 1 fully saturated rings. The van der Waals surface area contributed by atoms with Crippen molar-refractivity contribution in [1.29, 1.82) is 0 Å². The van der Waals surface area contributed by atoms with E-state index < -0.39 is 5.91 Å². The molecule has 1 aliphatic heterocycles. The van der Waals surface area contributed by atoms with E-state index in [0.717, 1.165) is 34.2 Å². The fourth-order valence-electron chi connectivity index (χ4n) is 5.19. The first-order chi connectivity index (χ1) is 20.7. The number of hydrogen-bond donors (Lipinski definition) is 2. The number of nitrogens with one attached hydrogen (secondary N) is 1. The number of benzene rings is 3. The van der Waals surface area contributed by atoms with E-state index in [1.165, 1.54) is 0 Å². The number of aryl methyl sites for hydroxylation is 1. The third kappa shape index (κ3) is 6.98. The number of nitrogens with zero attached hydrogens (tertiary/aromatic N) is 4. The molecule has 10 heteroatoms. The number of aromatic nitrogens is 2. The number of primary amides is 1. The zero-order valence-electron chi connectivity index (χ0n) is 25.0. The Morgan fingerprint density at radius 3 is 2.63 bits per heavy atom. The number of carbonyl (C=O) groups is 2. The van der Waals surface area contributed by atoms with Gasteiger partial charge in [0.2, 0.25) is 5.91 Å². The number of likely N-dealkylation sites (tertiary alicyclic amines) is 1. The lowest BCUT2D eigenvalue weighted by atomic mass is 10.1. The molecule has 10 nitrogen and oxygen atoms in total. The Kier molecular flexibility index (Phi) is 8.96. The van der Waals surface area contributed by atoms with Crippen LogP contribution in [0.5, 0.6) is 17.2 Å². The number of rotatable bonds is 11. The van der Waals surface area contributed by atoms with E-state index in [-0.39, 0.29) is 11.9 Å². The fraction of sp³-hybridized carbons (Fsp3) is 0.303. The summed E-state index contributed by atoms with van der Waals surface area (Å²) in [5, 5.41) is 9.35. The van der Waals surface area contributed by atoms with Crippen molar-refractivity contribution < 1.29 is 19.1 Å². The molecule has 3 aromatic carbocycles. The van der Waals surface area contributed by atoms with E-state index in [2.05, 4.69) is 5.32 Å². The van der Waals surface area contributed by atoms with Crippen LogP contribution in [0.15, 0.2) is 72.8 Å². The van der Waals surface area contributed by atoms with Gasteiger partial charge in [-0.15, -0.1) is 0 Å². The van der Waals surface area contributed by atoms with Crippen LogP contribution in [0.4, 0.5) is 5.82 Å². The van der Waals surface area contributed by atoms with Crippen molar-refractivity contribution in [1.82, 2.24) is 19.6 Å². The molecule has 0 unspecified atom stereocenters. The largest absolute Gasteiger partial charge is 0.497 e. The zero-order valence-corrected chi connectivity index (χ0v) is 25.0. The first-order valence-corrected chi connectivity index (χ1v) is 14.3. The number of nitrogens with two attached hydrogens (primary N) is 1. The van der Waals surface area contributed by atoms with Crippen LogP contribution >= 0.6 is 0 Å². The minimum Gasteiger partial charge on any atom is -0.497 e. The van der Waals surface area contributed by atoms with Crippen molar-refractivity contribution in [3.63, 3.8) is 0 Å². The predicted molar refractivity (Wildman–Crippen MR) is 168 cm³/mol. The highest BCUT2D eigenvalue weighted by molar-refractivity contribution is 5.98. The molecular weight excluding hydrogens is 544 g/mol. The highest BCUT2D eigenvalue weighted by atomic mass is 16.5. The van der Waals surface area contributed by atoms with Gasteiger partial charge in [-0.2, -0.15) is 5.10 Å². The minimum absolute atomic E-state index is 0.00316. The highest BCUT2D eigenvalue weighted by Gasteiger charge is 2.27. The van der Waals surface area contributed by atoms with Crippen LogP contribution in [0.2, 0.25) is 0 Å². The van der Waals surface area contributed by atoms with Crippen LogP contribution in [0.1, 0.15) is 27.9 Å². The maximum atomic E-state index is 12.8. The molecule has 1 saturated heterocycles. The maximum absolute atomic E-state index is 12.8. The van der Waals surface area contributed by atoms with Crippen molar-refractivity contribution >= 4 is 28.5 Å². The molecule has 2 heterocycles. The lowest BCUT2D eigenvalue weighted by molar-refractivity contribution is -0.125. The molecule has 0 saturated carbocycles. The number of amides is 2. The zero-order chi connectivity index (χ0) is 30.5. The second-order valence-electron chi connectivity index (χ2n) is 11.0. The van der Waals surface area contributed by atoms with E-state index in [1.807, 2.05) is 90.1 Å². The van der Waals surface area contributed by atoms with Gasteiger partial charge in [-0.25, -0.2) is 0 Å². The van der Waals surface area contributed by atoms with Crippen molar-refractivity contribution in [3.8, 4) is 17.2 Å². The van der Waals surface area contributed by atoms with E-state index >= 15 is 0 Å². The molecule has 224 valence electrons. The van der Waals surface area contributed by atoms with Crippen molar-refractivity contribution in [3.05, 3.63) is 89.5 Å². The maximum Gasteiger partial charge on any atom is 0.252 e. The number of anilines is 1. The number of hydrogen-bond acceptors (Lipinski definition) is 7. The molecule has 43 heavy (non-hydrogen) atoms. The second kappa shape index (κ2) is 13.0. The topological polar surface area (TPSA) is 115 Å². The number of carbonyl (C=O) groups excluding carboxylic acids is 2. The fourth-order valence-corrected chi connectivity index (χ4v) is 5.19. The Hall–Kier alpha value is -4.83. The summed E-state index contributed by atoms with van der Waals surface area (Å²) in [4.78, 5) is 28.9. The quantitative estimate of drug-likeness (QED) is 0.252. The highest BCUT2D eigenvalue weighted by Crippen LogP contribution is 2.37. The monoisotopic (exact) mass is 582 g/mol. The van der Waals surface area contributed by atoms with Gasteiger partial charge >= 0.3 is 0 Å². The first-order valence-electron chi connectivity index (χ1n) is 14.3. The third-order valence-electron chi connectivity index (χ3n) is 7.42. The molecule has 3 N–H and O–H groups in total. The Balaban J connectivity index is 1.47. The van der Waals surface area contributed by atoms with Gasteiger partial charge in [-0.05, 0) is 69.4 Å². The Morgan fingerprint density at radius 1 is 1.12 bits per heavy atom. The molecule has 1 atom stereocenters. The van der Waals surface area contributed by atoms with Gasteiger partial charge < -0.3 is 30.3 Å². The van der Waals surface area contributed by atoms with Crippen molar-refractivity contribution in [2.75, 3.05) is 46.2 Å². The van der Waals surface area contributed by atoms with Crippen LogP contribution in [0.3, 0.4) is 0 Å². The van der Waals surface area contributed by atoms with Gasteiger partial charge in [0.1, 0.15) is 17.2 Å². The predicted octanol–water partition coefficient (Wildman–Crippen LogP) is 4.42. The van der Waals surface area contributed by atoms with Gasteiger partial charge in [0.15, 0.2) is 5.82 Å². The molecule has 0 aliphatic carbocycles. The Bertz CT molecular complexity index is 1640. The van der Waals surface area contributed by atoms with Crippen LogP contribution in [0, 0.1) is 6.92 Å². The van der Waals surface area contributed by atoms with Gasteiger partial charge in [-0.3, -0.25) is 14.3 Å². The number of fused-ring (bicyclic) bond motifs is 1. The summed E-state index contributed by atoms with van der Waals surface area (Å²) in [6.07, 6.45) is 4.31.